The Kier molecular flexibility index (Phi) is 5.79. The lowest BCUT2D eigenvalue weighted by Gasteiger charge is -2.28. The monoisotopic (exact) mass is 443 g/mol. The molecule has 1 fully saturated rings. The Balaban J connectivity index is 1.36. The van der Waals surface area contributed by atoms with E-state index in [0.29, 0.717) is 18.4 Å². The quantitative estimate of drug-likeness (QED) is 0.508. The number of rotatable bonds is 7. The summed E-state index contributed by atoms with van der Waals surface area (Å²) in [6, 6.07) is 18.8. The van der Waals surface area contributed by atoms with Crippen LogP contribution in [0.4, 0.5) is 0 Å². The van der Waals surface area contributed by atoms with Crippen molar-refractivity contribution in [2.75, 3.05) is 13.7 Å². The summed E-state index contributed by atoms with van der Waals surface area (Å²) in [6.45, 7) is 2.48. The van der Waals surface area contributed by atoms with E-state index >= 15 is 0 Å². The van der Waals surface area contributed by atoms with Gasteiger partial charge in [-0.2, -0.15) is 0 Å². The Morgan fingerprint density at radius 2 is 1.88 bits per heavy atom. The normalized spacial score (nSPS) is 19.2. The molecular formula is C28H29NO4. The number of nitrogens with zero attached hydrogens (tertiary/aromatic N) is 1. The van der Waals surface area contributed by atoms with Gasteiger partial charge < -0.3 is 14.6 Å². The van der Waals surface area contributed by atoms with E-state index in [2.05, 4.69) is 41.4 Å². The predicted octanol–water partition coefficient (Wildman–Crippen LogP) is 5.69. The lowest BCUT2D eigenvalue weighted by Crippen LogP contribution is -2.22. The van der Waals surface area contributed by atoms with Gasteiger partial charge in [0.25, 0.3) is 0 Å². The summed E-state index contributed by atoms with van der Waals surface area (Å²) in [7, 11) is 1.62. The highest BCUT2D eigenvalue weighted by molar-refractivity contribution is 5.71. The van der Waals surface area contributed by atoms with Crippen molar-refractivity contribution in [1.29, 1.82) is 0 Å². The maximum Gasteiger partial charge on any atom is 0.306 e. The zero-order chi connectivity index (χ0) is 22.9. The molecule has 5 nitrogen and oxygen atoms in total. The first kappa shape index (κ1) is 21.5. The highest BCUT2D eigenvalue weighted by Crippen LogP contribution is 2.48. The SMILES string of the molecule is COc1cc(-c2ccc(C3COc4ccc(C(C5CC5)[C@H](C)C(=O)O)cc4C3)cc2)ccn1. The maximum atomic E-state index is 11.7. The van der Waals surface area contributed by atoms with Crippen LogP contribution in [-0.4, -0.2) is 29.8 Å². The highest BCUT2D eigenvalue weighted by Gasteiger charge is 2.39. The van der Waals surface area contributed by atoms with Crippen LogP contribution in [0.5, 0.6) is 11.6 Å². The molecule has 1 aliphatic carbocycles. The number of hydrogen-bond donors (Lipinski definition) is 1. The molecule has 0 bridgehead atoms. The molecule has 33 heavy (non-hydrogen) atoms. The van der Waals surface area contributed by atoms with Gasteiger partial charge in [0.15, 0.2) is 0 Å². The molecular weight excluding hydrogens is 414 g/mol. The number of hydrogen-bond acceptors (Lipinski definition) is 4. The van der Waals surface area contributed by atoms with Crippen molar-refractivity contribution in [3.63, 3.8) is 0 Å². The van der Waals surface area contributed by atoms with Crippen LogP contribution in [-0.2, 0) is 11.2 Å². The molecule has 5 rings (SSSR count). The van der Waals surface area contributed by atoms with Crippen LogP contribution in [0.25, 0.3) is 11.1 Å². The lowest BCUT2D eigenvalue weighted by molar-refractivity contribution is -0.142. The summed E-state index contributed by atoms with van der Waals surface area (Å²) >= 11 is 0. The van der Waals surface area contributed by atoms with E-state index < -0.39 is 5.97 Å². The average Bonchev–Trinajstić information content (AvgIpc) is 3.69. The number of carbonyl (C=O) groups is 1. The van der Waals surface area contributed by atoms with Gasteiger partial charge in [-0.3, -0.25) is 4.79 Å². The van der Waals surface area contributed by atoms with Gasteiger partial charge in [0.2, 0.25) is 5.88 Å². The minimum atomic E-state index is -0.717. The molecule has 1 saturated carbocycles. The van der Waals surface area contributed by atoms with Gasteiger partial charge in [0, 0.05) is 18.2 Å². The summed E-state index contributed by atoms with van der Waals surface area (Å²) < 4.78 is 11.4. The topological polar surface area (TPSA) is 68.7 Å². The second-order valence-corrected chi connectivity index (χ2v) is 9.28. The molecule has 5 heteroatoms. The van der Waals surface area contributed by atoms with Crippen molar-refractivity contribution in [3.05, 3.63) is 77.5 Å². The molecule has 2 aromatic carbocycles. The number of carboxylic acid groups (broad SMARTS) is 1. The van der Waals surface area contributed by atoms with Crippen LogP contribution >= 0.6 is 0 Å². The number of pyridine rings is 1. The molecule has 1 N–H and O–H groups in total. The molecule has 1 aliphatic heterocycles. The summed E-state index contributed by atoms with van der Waals surface area (Å²) in [5.41, 5.74) is 5.75. The van der Waals surface area contributed by atoms with Crippen molar-refractivity contribution in [1.82, 2.24) is 4.98 Å². The first-order valence-corrected chi connectivity index (χ1v) is 11.6. The predicted molar refractivity (Wildman–Crippen MR) is 127 cm³/mol. The average molecular weight is 444 g/mol. The Labute approximate surface area is 194 Å². The minimum absolute atomic E-state index is 0.0739. The standard InChI is InChI=1S/C28H29NO4/c1-17(28(30)31)27(20-7-8-20)22-9-10-25-23(13-22)14-24(16-33-25)19-5-3-18(4-6-19)21-11-12-29-26(15-21)32-2/h3-6,9-13,15,17,20,24,27H,7-8,14,16H2,1-2H3,(H,30,31)/t17-,24?,27?/m0/s1. The molecule has 0 saturated heterocycles. The number of aromatic nitrogens is 1. The van der Waals surface area contributed by atoms with E-state index in [4.69, 9.17) is 9.47 Å². The van der Waals surface area contributed by atoms with Gasteiger partial charge in [-0.1, -0.05) is 43.3 Å². The third kappa shape index (κ3) is 4.45. The molecule has 1 aromatic heterocycles. The third-order valence-corrected chi connectivity index (χ3v) is 7.09. The second kappa shape index (κ2) is 8.89. The Morgan fingerprint density at radius 3 is 2.58 bits per heavy atom. The van der Waals surface area contributed by atoms with Crippen LogP contribution < -0.4 is 9.47 Å². The van der Waals surface area contributed by atoms with Crippen LogP contribution in [0.3, 0.4) is 0 Å². The minimum Gasteiger partial charge on any atom is -0.493 e. The second-order valence-electron chi connectivity index (χ2n) is 9.28. The number of carboxylic acids is 1. The lowest BCUT2D eigenvalue weighted by atomic mass is 9.81. The number of fused-ring (bicyclic) bond motifs is 1. The highest BCUT2D eigenvalue weighted by atomic mass is 16.5. The molecule has 2 aliphatic rings. The van der Waals surface area contributed by atoms with Crippen molar-refractivity contribution in [2.45, 2.75) is 38.0 Å². The van der Waals surface area contributed by atoms with E-state index in [9.17, 15) is 9.90 Å². The van der Waals surface area contributed by atoms with Crippen molar-refractivity contribution >= 4 is 5.97 Å². The van der Waals surface area contributed by atoms with E-state index in [1.165, 1.54) is 11.1 Å². The van der Waals surface area contributed by atoms with Crippen molar-refractivity contribution < 1.29 is 19.4 Å². The van der Waals surface area contributed by atoms with Gasteiger partial charge >= 0.3 is 5.97 Å². The first-order valence-electron chi connectivity index (χ1n) is 11.6. The fourth-order valence-corrected chi connectivity index (χ4v) is 5.06. The van der Waals surface area contributed by atoms with Crippen LogP contribution in [0.1, 0.15) is 48.3 Å². The van der Waals surface area contributed by atoms with Crippen molar-refractivity contribution in [3.8, 4) is 22.8 Å². The fourth-order valence-electron chi connectivity index (χ4n) is 5.06. The van der Waals surface area contributed by atoms with Gasteiger partial charge in [0.1, 0.15) is 5.75 Å². The number of benzene rings is 2. The zero-order valence-corrected chi connectivity index (χ0v) is 19.0. The summed E-state index contributed by atoms with van der Waals surface area (Å²) in [5, 5.41) is 9.62. The van der Waals surface area contributed by atoms with Gasteiger partial charge in [-0.05, 0) is 71.0 Å². The molecule has 170 valence electrons. The zero-order valence-electron chi connectivity index (χ0n) is 19.0. The van der Waals surface area contributed by atoms with Gasteiger partial charge in [0.05, 0.1) is 19.6 Å². The molecule has 2 unspecified atom stereocenters. The number of methoxy groups -OCH3 is 1. The molecule has 3 aromatic rings. The molecule has 0 radical (unpaired) electrons. The maximum absolute atomic E-state index is 11.7. The van der Waals surface area contributed by atoms with Crippen molar-refractivity contribution in [2.24, 2.45) is 11.8 Å². The summed E-state index contributed by atoms with van der Waals surface area (Å²) in [6.07, 6.45) is 4.89. The van der Waals surface area contributed by atoms with E-state index in [1.54, 1.807) is 13.3 Å². The Bertz CT molecular complexity index is 1150. The first-order chi connectivity index (χ1) is 16.0. The number of ether oxygens (including phenoxy) is 2. The van der Waals surface area contributed by atoms with Gasteiger partial charge in [-0.15, -0.1) is 0 Å². The largest absolute Gasteiger partial charge is 0.493 e. The molecule has 0 spiro atoms. The van der Waals surface area contributed by atoms with Crippen LogP contribution in [0, 0.1) is 11.8 Å². The summed E-state index contributed by atoms with van der Waals surface area (Å²) in [4.78, 5) is 15.9. The van der Waals surface area contributed by atoms with Crippen LogP contribution in [0.2, 0.25) is 0 Å². The smallest absolute Gasteiger partial charge is 0.306 e. The molecule has 0 amide bonds. The third-order valence-electron chi connectivity index (χ3n) is 7.09. The van der Waals surface area contributed by atoms with Gasteiger partial charge in [-0.25, -0.2) is 4.98 Å². The Hall–Kier alpha value is -3.34. The molecule has 3 atom stereocenters. The molecule has 2 heterocycles. The van der Waals surface area contributed by atoms with E-state index in [-0.39, 0.29) is 17.8 Å². The number of aliphatic carboxylic acids is 1. The van der Waals surface area contributed by atoms with Crippen LogP contribution in [0.15, 0.2) is 60.8 Å². The van der Waals surface area contributed by atoms with E-state index in [1.807, 2.05) is 25.1 Å². The summed E-state index contributed by atoms with van der Waals surface area (Å²) in [5.74, 6) is 1.25. The fraction of sp³-hybridized carbons (Fsp3) is 0.357. The van der Waals surface area contributed by atoms with E-state index in [0.717, 1.165) is 41.7 Å². The Morgan fingerprint density at radius 1 is 1.09 bits per heavy atom.